The van der Waals surface area contributed by atoms with E-state index in [4.69, 9.17) is 9.47 Å². The molecule has 1 saturated heterocycles. The van der Waals surface area contributed by atoms with Gasteiger partial charge in [-0.15, -0.1) is 0 Å². The highest BCUT2D eigenvalue weighted by atomic mass is 16.5. The van der Waals surface area contributed by atoms with Crippen molar-refractivity contribution in [2.75, 3.05) is 20.2 Å². The molecule has 5 nitrogen and oxygen atoms in total. The van der Waals surface area contributed by atoms with Crippen LogP contribution >= 0.6 is 0 Å². The molecule has 20 heavy (non-hydrogen) atoms. The number of benzene rings is 1. The van der Waals surface area contributed by atoms with Crippen LogP contribution in [0.3, 0.4) is 0 Å². The molecule has 1 aliphatic rings. The summed E-state index contributed by atoms with van der Waals surface area (Å²) in [7, 11) is 1.66. The van der Waals surface area contributed by atoms with Crippen LogP contribution in [-0.4, -0.2) is 36.1 Å². The monoisotopic (exact) mass is 273 g/mol. The van der Waals surface area contributed by atoms with Gasteiger partial charge in [0.05, 0.1) is 19.5 Å². The van der Waals surface area contributed by atoms with E-state index in [1.165, 1.54) is 0 Å². The van der Waals surface area contributed by atoms with Crippen molar-refractivity contribution >= 4 is 0 Å². The molecule has 1 fully saturated rings. The SMILES string of the molecule is COc1ccccc1-n1cc(OC2CCNCC2)cn1. The molecular weight excluding hydrogens is 254 g/mol. The Morgan fingerprint density at radius 2 is 2.05 bits per heavy atom. The van der Waals surface area contributed by atoms with Crippen molar-refractivity contribution in [1.82, 2.24) is 15.1 Å². The third-order valence-corrected chi connectivity index (χ3v) is 3.48. The fraction of sp³-hybridized carbons (Fsp3) is 0.400. The van der Waals surface area contributed by atoms with Gasteiger partial charge in [-0.25, -0.2) is 4.68 Å². The Bertz CT molecular complexity index is 562. The average molecular weight is 273 g/mol. The van der Waals surface area contributed by atoms with Crippen LogP contribution in [0.5, 0.6) is 11.5 Å². The molecule has 0 spiro atoms. The Hall–Kier alpha value is -2.01. The first-order valence-electron chi connectivity index (χ1n) is 6.92. The molecule has 0 radical (unpaired) electrons. The largest absolute Gasteiger partial charge is 0.494 e. The molecule has 0 unspecified atom stereocenters. The minimum Gasteiger partial charge on any atom is -0.494 e. The van der Waals surface area contributed by atoms with E-state index in [0.717, 1.165) is 43.1 Å². The standard InChI is InChI=1S/C15H19N3O2/c1-19-15-5-3-2-4-14(15)18-11-13(10-17-18)20-12-6-8-16-9-7-12/h2-5,10-12,16H,6-9H2,1H3. The summed E-state index contributed by atoms with van der Waals surface area (Å²) >= 11 is 0. The second-order valence-electron chi connectivity index (χ2n) is 4.86. The van der Waals surface area contributed by atoms with Crippen molar-refractivity contribution < 1.29 is 9.47 Å². The van der Waals surface area contributed by atoms with Crippen LogP contribution in [0, 0.1) is 0 Å². The van der Waals surface area contributed by atoms with E-state index in [2.05, 4.69) is 10.4 Å². The predicted molar refractivity (Wildman–Crippen MR) is 76.6 cm³/mol. The number of aromatic nitrogens is 2. The van der Waals surface area contributed by atoms with E-state index in [1.807, 2.05) is 30.5 Å². The van der Waals surface area contributed by atoms with Crippen molar-refractivity contribution in [3.05, 3.63) is 36.7 Å². The lowest BCUT2D eigenvalue weighted by molar-refractivity contribution is 0.162. The maximum absolute atomic E-state index is 5.97. The molecule has 1 aromatic heterocycles. The summed E-state index contributed by atoms with van der Waals surface area (Å²) in [6, 6.07) is 7.80. The van der Waals surface area contributed by atoms with Crippen LogP contribution in [-0.2, 0) is 0 Å². The quantitative estimate of drug-likeness (QED) is 0.925. The molecule has 0 bridgehead atoms. The number of nitrogens with zero attached hydrogens (tertiary/aromatic N) is 2. The Kier molecular flexibility index (Phi) is 3.87. The van der Waals surface area contributed by atoms with Gasteiger partial charge >= 0.3 is 0 Å². The second kappa shape index (κ2) is 5.96. The number of piperidine rings is 1. The van der Waals surface area contributed by atoms with Gasteiger partial charge < -0.3 is 14.8 Å². The lowest BCUT2D eigenvalue weighted by atomic mass is 10.1. The summed E-state index contributed by atoms with van der Waals surface area (Å²) in [5.74, 6) is 1.60. The van der Waals surface area contributed by atoms with E-state index in [9.17, 15) is 0 Å². The average Bonchev–Trinajstić information content (AvgIpc) is 2.96. The van der Waals surface area contributed by atoms with Gasteiger partial charge in [-0.2, -0.15) is 5.10 Å². The number of methoxy groups -OCH3 is 1. The number of nitrogens with one attached hydrogen (secondary N) is 1. The molecule has 0 amide bonds. The number of para-hydroxylation sites is 2. The first-order valence-corrected chi connectivity index (χ1v) is 6.92. The molecule has 0 atom stereocenters. The van der Waals surface area contributed by atoms with Crippen LogP contribution in [0.1, 0.15) is 12.8 Å². The van der Waals surface area contributed by atoms with Gasteiger partial charge in [0.25, 0.3) is 0 Å². The van der Waals surface area contributed by atoms with E-state index in [-0.39, 0.29) is 6.10 Å². The maximum atomic E-state index is 5.97. The second-order valence-corrected chi connectivity index (χ2v) is 4.86. The number of hydrogen-bond donors (Lipinski definition) is 1. The predicted octanol–water partition coefficient (Wildman–Crippen LogP) is 2.01. The maximum Gasteiger partial charge on any atom is 0.158 e. The van der Waals surface area contributed by atoms with Crippen molar-refractivity contribution in [2.45, 2.75) is 18.9 Å². The zero-order valence-electron chi connectivity index (χ0n) is 11.6. The molecule has 5 heteroatoms. The Morgan fingerprint density at radius 3 is 2.85 bits per heavy atom. The van der Waals surface area contributed by atoms with Gasteiger partial charge in [-0.05, 0) is 38.1 Å². The zero-order chi connectivity index (χ0) is 13.8. The molecule has 1 aromatic carbocycles. The number of rotatable bonds is 4. The lowest BCUT2D eigenvalue weighted by Gasteiger charge is -2.22. The van der Waals surface area contributed by atoms with Crippen LogP contribution in [0.4, 0.5) is 0 Å². The van der Waals surface area contributed by atoms with Crippen molar-refractivity contribution in [3.8, 4) is 17.2 Å². The van der Waals surface area contributed by atoms with Gasteiger partial charge in [-0.3, -0.25) is 0 Å². The highest BCUT2D eigenvalue weighted by Gasteiger charge is 2.15. The van der Waals surface area contributed by atoms with E-state index in [1.54, 1.807) is 18.0 Å². The van der Waals surface area contributed by atoms with Crippen molar-refractivity contribution in [3.63, 3.8) is 0 Å². The van der Waals surface area contributed by atoms with E-state index < -0.39 is 0 Å². The Labute approximate surface area is 118 Å². The molecule has 1 N–H and O–H groups in total. The van der Waals surface area contributed by atoms with Gasteiger partial charge in [0.1, 0.15) is 17.5 Å². The molecular formula is C15H19N3O2. The van der Waals surface area contributed by atoms with Gasteiger partial charge in [-0.1, -0.05) is 12.1 Å². The van der Waals surface area contributed by atoms with Gasteiger partial charge in [0.2, 0.25) is 0 Å². The third kappa shape index (κ3) is 2.77. The summed E-state index contributed by atoms with van der Waals surface area (Å²) in [5.41, 5.74) is 0.912. The topological polar surface area (TPSA) is 48.3 Å². The smallest absolute Gasteiger partial charge is 0.158 e. The van der Waals surface area contributed by atoms with Crippen LogP contribution in [0.15, 0.2) is 36.7 Å². The van der Waals surface area contributed by atoms with Crippen molar-refractivity contribution in [1.29, 1.82) is 0 Å². The van der Waals surface area contributed by atoms with Gasteiger partial charge in [0, 0.05) is 0 Å². The molecule has 0 aliphatic carbocycles. The van der Waals surface area contributed by atoms with E-state index in [0.29, 0.717) is 0 Å². The Balaban J connectivity index is 1.75. The minimum atomic E-state index is 0.284. The van der Waals surface area contributed by atoms with Crippen LogP contribution in [0.2, 0.25) is 0 Å². The fourth-order valence-electron chi connectivity index (χ4n) is 2.42. The summed E-state index contributed by atoms with van der Waals surface area (Å²) in [6.07, 6.45) is 6.03. The van der Waals surface area contributed by atoms with Gasteiger partial charge in [0.15, 0.2) is 5.75 Å². The molecule has 106 valence electrons. The van der Waals surface area contributed by atoms with Crippen molar-refractivity contribution in [2.24, 2.45) is 0 Å². The molecule has 3 rings (SSSR count). The van der Waals surface area contributed by atoms with Crippen LogP contribution < -0.4 is 14.8 Å². The summed E-state index contributed by atoms with van der Waals surface area (Å²) in [6.45, 7) is 2.04. The molecule has 0 saturated carbocycles. The highest BCUT2D eigenvalue weighted by Crippen LogP contribution is 2.24. The summed E-state index contributed by atoms with van der Waals surface area (Å²) in [5, 5.41) is 7.69. The molecule has 1 aliphatic heterocycles. The Morgan fingerprint density at radius 1 is 1.25 bits per heavy atom. The minimum absolute atomic E-state index is 0.284. The molecule has 2 aromatic rings. The summed E-state index contributed by atoms with van der Waals surface area (Å²) < 4.78 is 13.1. The van der Waals surface area contributed by atoms with E-state index >= 15 is 0 Å². The first-order chi connectivity index (χ1) is 9.86. The normalized spacial score (nSPS) is 16.1. The van der Waals surface area contributed by atoms with Crippen LogP contribution in [0.25, 0.3) is 5.69 Å². The number of hydrogen-bond acceptors (Lipinski definition) is 4. The number of ether oxygens (including phenoxy) is 2. The summed E-state index contributed by atoms with van der Waals surface area (Å²) in [4.78, 5) is 0. The highest BCUT2D eigenvalue weighted by molar-refractivity contribution is 5.46. The third-order valence-electron chi connectivity index (χ3n) is 3.48. The fourth-order valence-corrected chi connectivity index (χ4v) is 2.42. The zero-order valence-corrected chi connectivity index (χ0v) is 11.6. The first kappa shape index (κ1) is 13.0. The molecule has 2 heterocycles. The lowest BCUT2D eigenvalue weighted by Crippen LogP contribution is -2.34.